The number of aryl methyl sites for hydroxylation is 1. The Morgan fingerprint density at radius 3 is 3.00 bits per heavy atom. The van der Waals surface area contributed by atoms with Crippen LogP contribution in [-0.2, 0) is 16.0 Å². The first-order valence-electron chi connectivity index (χ1n) is 5.66. The Balaban J connectivity index is 1.82. The van der Waals surface area contributed by atoms with Gasteiger partial charge in [-0.1, -0.05) is 0 Å². The van der Waals surface area contributed by atoms with Crippen LogP contribution >= 0.6 is 0 Å². The highest BCUT2D eigenvalue weighted by Gasteiger charge is 2.24. The van der Waals surface area contributed by atoms with Crippen molar-refractivity contribution in [2.75, 3.05) is 26.7 Å². The number of amides is 2. The third-order valence-corrected chi connectivity index (χ3v) is 2.97. The van der Waals surface area contributed by atoms with Gasteiger partial charge in [0.15, 0.2) is 0 Å². The van der Waals surface area contributed by atoms with Gasteiger partial charge in [0.2, 0.25) is 11.8 Å². The summed E-state index contributed by atoms with van der Waals surface area (Å²) in [5, 5.41) is 0. The second-order valence-electron chi connectivity index (χ2n) is 4.21. The van der Waals surface area contributed by atoms with Gasteiger partial charge in [-0.3, -0.25) is 9.59 Å². The van der Waals surface area contributed by atoms with E-state index in [0.717, 1.165) is 5.69 Å². The summed E-state index contributed by atoms with van der Waals surface area (Å²) in [6.07, 6.45) is 4.36. The Kier molecular flexibility index (Phi) is 3.41. The topological polar surface area (TPSA) is 69.3 Å². The minimum Gasteiger partial charge on any atom is -0.348 e. The molecule has 2 amide bonds. The van der Waals surface area contributed by atoms with Gasteiger partial charge >= 0.3 is 0 Å². The van der Waals surface area contributed by atoms with Gasteiger partial charge in [-0.25, -0.2) is 4.98 Å². The summed E-state index contributed by atoms with van der Waals surface area (Å²) in [6, 6.07) is 0. The molecule has 92 valence electrons. The molecule has 17 heavy (non-hydrogen) atoms. The molecule has 2 heterocycles. The maximum absolute atomic E-state index is 11.9. The second-order valence-corrected chi connectivity index (χ2v) is 4.21. The summed E-state index contributed by atoms with van der Waals surface area (Å²) in [7, 11) is 1.76. The van der Waals surface area contributed by atoms with E-state index in [9.17, 15) is 9.59 Å². The lowest BCUT2D eigenvalue weighted by molar-refractivity contribution is -0.144. The number of hydrogen-bond acceptors (Lipinski definition) is 3. The van der Waals surface area contributed by atoms with Crippen LogP contribution < -0.4 is 0 Å². The predicted molar refractivity (Wildman–Crippen MR) is 61.1 cm³/mol. The van der Waals surface area contributed by atoms with E-state index in [4.69, 9.17) is 0 Å². The molecule has 0 aliphatic carbocycles. The number of aromatic nitrogens is 2. The molecule has 2 rings (SSSR count). The third kappa shape index (κ3) is 2.83. The number of hydrogen-bond donors (Lipinski definition) is 1. The summed E-state index contributed by atoms with van der Waals surface area (Å²) in [6.45, 7) is 1.46. The first-order chi connectivity index (χ1) is 8.16. The zero-order valence-corrected chi connectivity index (χ0v) is 9.85. The van der Waals surface area contributed by atoms with Crippen LogP contribution in [0, 0.1) is 0 Å². The van der Waals surface area contributed by atoms with Gasteiger partial charge < -0.3 is 14.8 Å². The smallest absolute Gasteiger partial charge is 0.241 e. The first-order valence-corrected chi connectivity index (χ1v) is 5.66. The predicted octanol–water partition coefficient (Wildman–Crippen LogP) is -0.357. The SMILES string of the molecule is CN1CCN(C(=O)CCc2cnc[nH]2)CC1=O. The highest BCUT2D eigenvalue weighted by molar-refractivity contribution is 5.85. The van der Waals surface area contributed by atoms with Crippen LogP contribution in [0.3, 0.4) is 0 Å². The molecular formula is C11H16N4O2. The molecule has 0 aromatic carbocycles. The number of nitrogens with one attached hydrogen (secondary N) is 1. The summed E-state index contributed by atoms with van der Waals surface area (Å²) >= 11 is 0. The van der Waals surface area contributed by atoms with Crippen molar-refractivity contribution in [3.05, 3.63) is 18.2 Å². The Bertz CT molecular complexity index is 402. The molecule has 0 radical (unpaired) electrons. The number of piperazine rings is 1. The minimum absolute atomic E-state index is 0.00569. The van der Waals surface area contributed by atoms with Crippen molar-refractivity contribution in [3.8, 4) is 0 Å². The van der Waals surface area contributed by atoms with E-state index < -0.39 is 0 Å². The van der Waals surface area contributed by atoms with Crippen LogP contribution in [0.1, 0.15) is 12.1 Å². The van der Waals surface area contributed by atoms with Crippen LogP contribution in [0.2, 0.25) is 0 Å². The number of aromatic amines is 1. The number of imidazole rings is 1. The van der Waals surface area contributed by atoms with Crippen molar-refractivity contribution < 1.29 is 9.59 Å². The lowest BCUT2D eigenvalue weighted by Crippen LogP contribution is -2.50. The van der Waals surface area contributed by atoms with E-state index in [2.05, 4.69) is 9.97 Å². The van der Waals surface area contributed by atoms with Crippen LogP contribution in [0.4, 0.5) is 0 Å². The molecule has 0 saturated carbocycles. The van der Waals surface area contributed by atoms with Gasteiger partial charge in [0, 0.05) is 38.4 Å². The number of carbonyl (C=O) groups is 2. The van der Waals surface area contributed by atoms with Crippen molar-refractivity contribution in [2.24, 2.45) is 0 Å². The molecule has 0 atom stereocenters. The van der Waals surface area contributed by atoms with Crippen molar-refractivity contribution in [2.45, 2.75) is 12.8 Å². The van der Waals surface area contributed by atoms with Gasteiger partial charge in [-0.2, -0.15) is 0 Å². The fourth-order valence-electron chi connectivity index (χ4n) is 1.79. The van der Waals surface area contributed by atoms with Crippen LogP contribution in [-0.4, -0.2) is 58.3 Å². The molecule has 1 fully saturated rings. The molecule has 1 aromatic heterocycles. The monoisotopic (exact) mass is 236 g/mol. The standard InChI is InChI=1S/C11H16N4O2/c1-14-4-5-15(7-11(14)17)10(16)3-2-9-6-12-8-13-9/h6,8H,2-5,7H2,1H3,(H,12,13). The lowest BCUT2D eigenvalue weighted by atomic mass is 10.2. The highest BCUT2D eigenvalue weighted by atomic mass is 16.2. The van der Waals surface area contributed by atoms with Gasteiger partial charge in [-0.15, -0.1) is 0 Å². The van der Waals surface area contributed by atoms with E-state index >= 15 is 0 Å². The Hall–Kier alpha value is -1.85. The molecule has 1 aliphatic rings. The quantitative estimate of drug-likeness (QED) is 0.779. The summed E-state index contributed by atoms with van der Waals surface area (Å²) in [5.74, 6) is 0.0344. The molecule has 0 unspecified atom stereocenters. The molecule has 1 aliphatic heterocycles. The van der Waals surface area contributed by atoms with E-state index in [1.165, 1.54) is 0 Å². The number of rotatable bonds is 3. The summed E-state index contributed by atoms with van der Waals surface area (Å²) in [5.41, 5.74) is 0.943. The van der Waals surface area contributed by atoms with Crippen molar-refractivity contribution in [1.29, 1.82) is 0 Å². The maximum atomic E-state index is 11.9. The summed E-state index contributed by atoms with van der Waals surface area (Å²) < 4.78 is 0. The van der Waals surface area contributed by atoms with Gasteiger partial charge in [0.05, 0.1) is 12.9 Å². The number of H-pyrrole nitrogens is 1. The zero-order chi connectivity index (χ0) is 12.3. The van der Waals surface area contributed by atoms with Crippen molar-refractivity contribution in [3.63, 3.8) is 0 Å². The van der Waals surface area contributed by atoms with Crippen molar-refractivity contribution >= 4 is 11.8 Å². The fourth-order valence-corrected chi connectivity index (χ4v) is 1.79. The third-order valence-electron chi connectivity index (χ3n) is 2.97. The van der Waals surface area contributed by atoms with E-state index in [-0.39, 0.29) is 18.4 Å². The average molecular weight is 236 g/mol. The molecule has 0 bridgehead atoms. The zero-order valence-electron chi connectivity index (χ0n) is 9.85. The van der Waals surface area contributed by atoms with Gasteiger partial charge in [0.1, 0.15) is 0 Å². The Morgan fingerprint density at radius 2 is 2.35 bits per heavy atom. The van der Waals surface area contributed by atoms with Gasteiger partial charge in [-0.05, 0) is 6.42 Å². The minimum atomic E-state index is 0.00569. The molecule has 0 spiro atoms. The van der Waals surface area contributed by atoms with Gasteiger partial charge in [0.25, 0.3) is 0 Å². The molecule has 1 N–H and O–H groups in total. The average Bonchev–Trinajstić information content (AvgIpc) is 2.82. The van der Waals surface area contributed by atoms with E-state index in [1.807, 2.05) is 0 Å². The molecule has 6 heteroatoms. The normalized spacial score (nSPS) is 16.4. The largest absolute Gasteiger partial charge is 0.348 e. The first kappa shape index (κ1) is 11.6. The molecule has 1 saturated heterocycles. The highest BCUT2D eigenvalue weighted by Crippen LogP contribution is 2.05. The van der Waals surface area contributed by atoms with E-state index in [1.54, 1.807) is 29.4 Å². The molecule has 6 nitrogen and oxygen atoms in total. The fraction of sp³-hybridized carbons (Fsp3) is 0.545. The Labute approximate surface area is 99.6 Å². The second kappa shape index (κ2) is 4.99. The number of likely N-dealkylation sites (N-methyl/N-ethyl adjacent to an activating group) is 1. The lowest BCUT2D eigenvalue weighted by Gasteiger charge is -2.32. The number of carbonyl (C=O) groups excluding carboxylic acids is 2. The van der Waals surface area contributed by atoms with Crippen LogP contribution in [0.15, 0.2) is 12.5 Å². The number of nitrogens with zero attached hydrogens (tertiary/aromatic N) is 3. The van der Waals surface area contributed by atoms with E-state index in [0.29, 0.717) is 25.9 Å². The maximum Gasteiger partial charge on any atom is 0.241 e. The molecule has 1 aromatic rings. The summed E-state index contributed by atoms with van der Waals surface area (Å²) in [4.78, 5) is 33.4. The van der Waals surface area contributed by atoms with Crippen LogP contribution in [0.25, 0.3) is 0 Å². The Morgan fingerprint density at radius 1 is 1.53 bits per heavy atom. The van der Waals surface area contributed by atoms with Crippen LogP contribution in [0.5, 0.6) is 0 Å². The molecular weight excluding hydrogens is 220 g/mol. The van der Waals surface area contributed by atoms with Crippen molar-refractivity contribution in [1.82, 2.24) is 19.8 Å².